The van der Waals surface area contributed by atoms with Crippen LogP contribution in [0.15, 0.2) is 0 Å². The molecule has 1 saturated heterocycles. The predicted octanol–water partition coefficient (Wildman–Crippen LogP) is 1.05. The van der Waals surface area contributed by atoms with Crippen LogP contribution in [0.3, 0.4) is 0 Å². The Labute approximate surface area is 94.8 Å². The molecule has 1 heterocycles. The van der Waals surface area contributed by atoms with Crippen LogP contribution >= 0.6 is 0 Å². The summed E-state index contributed by atoms with van der Waals surface area (Å²) in [5, 5.41) is 11.8. The number of amides is 2. The number of carbonyl (C=O) groups excluding carboxylic acids is 1. The molecule has 2 N–H and O–H groups in total. The molecule has 1 atom stereocenters. The molecule has 0 radical (unpaired) electrons. The zero-order chi connectivity index (χ0) is 11.8. The summed E-state index contributed by atoms with van der Waals surface area (Å²) in [5.74, 6) is -0.898. The van der Waals surface area contributed by atoms with Gasteiger partial charge >= 0.3 is 12.0 Å². The Bertz CT molecular complexity index is 312. The molecule has 2 fully saturated rings. The van der Waals surface area contributed by atoms with Gasteiger partial charge in [0.15, 0.2) is 0 Å². The van der Waals surface area contributed by atoms with Crippen molar-refractivity contribution in [1.29, 1.82) is 0 Å². The lowest BCUT2D eigenvalue weighted by molar-refractivity contribution is -0.141. The topological polar surface area (TPSA) is 69.6 Å². The molecule has 0 spiro atoms. The zero-order valence-electron chi connectivity index (χ0n) is 9.53. The molecular formula is C11H18N2O3. The fourth-order valence-corrected chi connectivity index (χ4v) is 2.05. The number of likely N-dealkylation sites (tertiary alicyclic amines) is 1. The monoisotopic (exact) mass is 226 g/mol. The maximum Gasteiger partial charge on any atom is 0.326 e. The van der Waals surface area contributed by atoms with Crippen LogP contribution in [0.5, 0.6) is 0 Å². The van der Waals surface area contributed by atoms with Crippen molar-refractivity contribution in [1.82, 2.24) is 10.2 Å². The first-order valence-electron chi connectivity index (χ1n) is 5.79. The Kier molecular flexibility index (Phi) is 2.78. The van der Waals surface area contributed by atoms with Crippen LogP contribution in [0.1, 0.15) is 32.6 Å². The summed E-state index contributed by atoms with van der Waals surface area (Å²) in [4.78, 5) is 24.1. The molecule has 0 unspecified atom stereocenters. The molecule has 2 rings (SSSR count). The van der Waals surface area contributed by atoms with E-state index in [1.807, 2.05) is 0 Å². The number of urea groups is 1. The number of hydrogen-bond donors (Lipinski definition) is 2. The lowest BCUT2D eigenvalue weighted by atomic mass is 10.1. The number of carboxylic acid groups (broad SMARTS) is 1. The molecule has 1 aliphatic carbocycles. The maximum absolute atomic E-state index is 11.8. The van der Waals surface area contributed by atoms with Crippen LogP contribution in [0.25, 0.3) is 0 Å². The standard InChI is InChI=1S/C11H18N2O3/c1-11(4-5-11)7-12-10(16)13-6-2-3-8(13)9(14)15/h8H,2-7H2,1H3,(H,12,16)(H,14,15)/t8-/m1/s1. The van der Waals surface area contributed by atoms with Crippen molar-refractivity contribution >= 4 is 12.0 Å². The summed E-state index contributed by atoms with van der Waals surface area (Å²) in [6.45, 7) is 3.35. The predicted molar refractivity (Wildman–Crippen MR) is 58.1 cm³/mol. The third kappa shape index (κ3) is 2.28. The summed E-state index contributed by atoms with van der Waals surface area (Å²) in [7, 11) is 0. The Morgan fingerprint density at radius 2 is 2.19 bits per heavy atom. The molecule has 2 aliphatic rings. The molecule has 2 amide bonds. The molecule has 1 saturated carbocycles. The van der Waals surface area contributed by atoms with Crippen LogP contribution in [0.2, 0.25) is 0 Å². The lowest BCUT2D eigenvalue weighted by Crippen LogP contribution is -2.47. The molecule has 16 heavy (non-hydrogen) atoms. The fraction of sp³-hybridized carbons (Fsp3) is 0.818. The average Bonchev–Trinajstić information content (AvgIpc) is 2.81. The van der Waals surface area contributed by atoms with Gasteiger partial charge in [-0.3, -0.25) is 0 Å². The second-order valence-electron chi connectivity index (χ2n) is 5.16. The Hall–Kier alpha value is -1.26. The molecule has 5 heteroatoms. The van der Waals surface area contributed by atoms with Gasteiger partial charge < -0.3 is 15.3 Å². The molecule has 5 nitrogen and oxygen atoms in total. The van der Waals surface area contributed by atoms with Gasteiger partial charge in [-0.25, -0.2) is 9.59 Å². The highest BCUT2D eigenvalue weighted by Gasteiger charge is 2.39. The number of nitrogens with zero attached hydrogens (tertiary/aromatic N) is 1. The Balaban J connectivity index is 1.85. The van der Waals surface area contributed by atoms with Gasteiger partial charge in [0.2, 0.25) is 0 Å². The van der Waals surface area contributed by atoms with Gasteiger partial charge in [-0.05, 0) is 31.1 Å². The van der Waals surface area contributed by atoms with Gasteiger partial charge in [0, 0.05) is 13.1 Å². The third-order valence-electron chi connectivity index (χ3n) is 3.57. The molecule has 90 valence electrons. The van der Waals surface area contributed by atoms with E-state index in [0.717, 1.165) is 19.3 Å². The third-order valence-corrected chi connectivity index (χ3v) is 3.57. The van der Waals surface area contributed by atoms with E-state index in [1.54, 1.807) is 0 Å². The van der Waals surface area contributed by atoms with Crippen molar-refractivity contribution in [2.45, 2.75) is 38.6 Å². The quantitative estimate of drug-likeness (QED) is 0.755. The Morgan fingerprint density at radius 3 is 2.75 bits per heavy atom. The highest BCUT2D eigenvalue weighted by atomic mass is 16.4. The molecule has 0 bridgehead atoms. The molecule has 0 aromatic heterocycles. The summed E-state index contributed by atoms with van der Waals surface area (Å²) in [6.07, 6.45) is 3.65. The minimum atomic E-state index is -0.898. The van der Waals surface area contributed by atoms with Crippen LogP contribution < -0.4 is 5.32 Å². The molecule has 1 aliphatic heterocycles. The van der Waals surface area contributed by atoms with Gasteiger partial charge in [-0.15, -0.1) is 0 Å². The second kappa shape index (κ2) is 3.96. The average molecular weight is 226 g/mol. The molecule has 0 aromatic rings. The maximum atomic E-state index is 11.8. The van der Waals surface area contributed by atoms with Crippen LogP contribution in [0.4, 0.5) is 4.79 Å². The summed E-state index contributed by atoms with van der Waals surface area (Å²) in [6, 6.07) is -0.856. The second-order valence-corrected chi connectivity index (χ2v) is 5.16. The van der Waals surface area contributed by atoms with Crippen molar-refractivity contribution in [3.8, 4) is 0 Å². The SMILES string of the molecule is CC1(CNC(=O)N2CCC[C@@H]2C(=O)O)CC1. The number of nitrogens with one attached hydrogen (secondary N) is 1. The van der Waals surface area contributed by atoms with E-state index in [1.165, 1.54) is 4.90 Å². The lowest BCUT2D eigenvalue weighted by Gasteiger charge is -2.22. The van der Waals surface area contributed by atoms with Crippen LogP contribution in [-0.2, 0) is 4.79 Å². The van der Waals surface area contributed by atoms with E-state index in [2.05, 4.69) is 12.2 Å². The number of rotatable bonds is 3. The number of hydrogen-bond acceptors (Lipinski definition) is 2. The van der Waals surface area contributed by atoms with E-state index in [0.29, 0.717) is 19.5 Å². The fourth-order valence-electron chi connectivity index (χ4n) is 2.05. The van der Waals surface area contributed by atoms with Gasteiger partial charge in [0.05, 0.1) is 0 Å². The van der Waals surface area contributed by atoms with E-state index < -0.39 is 12.0 Å². The first-order chi connectivity index (χ1) is 7.52. The van der Waals surface area contributed by atoms with Gasteiger partial charge in [0.25, 0.3) is 0 Å². The first kappa shape index (κ1) is 11.2. The summed E-state index contributed by atoms with van der Waals surface area (Å²) in [5.41, 5.74) is 0.258. The molecular weight excluding hydrogens is 208 g/mol. The van der Waals surface area contributed by atoms with Gasteiger partial charge in [0.1, 0.15) is 6.04 Å². The number of aliphatic carboxylic acids is 1. The number of carboxylic acids is 1. The first-order valence-corrected chi connectivity index (χ1v) is 5.79. The van der Waals surface area contributed by atoms with Crippen molar-refractivity contribution < 1.29 is 14.7 Å². The Morgan fingerprint density at radius 1 is 1.50 bits per heavy atom. The van der Waals surface area contributed by atoms with Crippen molar-refractivity contribution in [3.05, 3.63) is 0 Å². The van der Waals surface area contributed by atoms with Crippen LogP contribution in [0, 0.1) is 5.41 Å². The largest absolute Gasteiger partial charge is 0.480 e. The molecule has 0 aromatic carbocycles. The van der Waals surface area contributed by atoms with Crippen molar-refractivity contribution in [2.24, 2.45) is 5.41 Å². The minimum Gasteiger partial charge on any atom is -0.480 e. The number of carbonyl (C=O) groups is 2. The van der Waals surface area contributed by atoms with Crippen LogP contribution in [-0.4, -0.2) is 41.1 Å². The van der Waals surface area contributed by atoms with Crippen molar-refractivity contribution in [2.75, 3.05) is 13.1 Å². The minimum absolute atomic E-state index is 0.224. The van der Waals surface area contributed by atoms with Crippen molar-refractivity contribution in [3.63, 3.8) is 0 Å². The van der Waals surface area contributed by atoms with E-state index in [4.69, 9.17) is 5.11 Å². The normalized spacial score (nSPS) is 26.6. The summed E-state index contributed by atoms with van der Waals surface area (Å²) >= 11 is 0. The highest BCUT2D eigenvalue weighted by molar-refractivity contribution is 5.83. The van der Waals surface area contributed by atoms with E-state index in [9.17, 15) is 9.59 Å². The highest BCUT2D eigenvalue weighted by Crippen LogP contribution is 2.44. The zero-order valence-corrected chi connectivity index (χ0v) is 9.53. The van der Waals surface area contributed by atoms with E-state index in [-0.39, 0.29) is 11.4 Å². The van der Waals surface area contributed by atoms with E-state index >= 15 is 0 Å². The smallest absolute Gasteiger partial charge is 0.326 e. The van der Waals surface area contributed by atoms with Gasteiger partial charge in [-0.2, -0.15) is 0 Å². The van der Waals surface area contributed by atoms with Gasteiger partial charge in [-0.1, -0.05) is 6.92 Å². The summed E-state index contributed by atoms with van der Waals surface area (Å²) < 4.78 is 0.